The van der Waals surface area contributed by atoms with E-state index in [2.05, 4.69) is 0 Å². The van der Waals surface area contributed by atoms with Crippen LogP contribution in [0, 0.1) is 30.6 Å². The first-order chi connectivity index (χ1) is 11.5. The molecule has 1 aromatic heterocycles. The minimum Gasteiger partial charge on any atom is -0.461 e. The van der Waals surface area contributed by atoms with Crippen LogP contribution in [0.25, 0.3) is 11.0 Å². The smallest absolute Gasteiger partial charge is 0.238 e. The lowest BCUT2D eigenvalue weighted by Crippen LogP contribution is -2.46. The molecule has 2 bridgehead atoms. The van der Waals surface area contributed by atoms with Gasteiger partial charge in [-0.3, -0.25) is 19.3 Å². The van der Waals surface area contributed by atoms with Crippen molar-refractivity contribution < 1.29 is 18.8 Å². The summed E-state index contributed by atoms with van der Waals surface area (Å²) in [6, 6.07) is 7.26. The number of carbonyl (C=O) groups excluding carboxylic acids is 3. The van der Waals surface area contributed by atoms with Gasteiger partial charge >= 0.3 is 0 Å². The maximum atomic E-state index is 13.0. The van der Waals surface area contributed by atoms with E-state index < -0.39 is 5.92 Å². The molecular formula is C19H17NO4. The van der Waals surface area contributed by atoms with Gasteiger partial charge in [0.2, 0.25) is 11.8 Å². The average Bonchev–Trinajstić information content (AvgIpc) is 3.05. The SMILES string of the molecule is Cc1cc2cc(N3C(=O)[C@@H]4[C@H]5CC[C@H](C(=O)C5)[C@@H]4C3=O)ccc2o1. The molecule has 2 aromatic rings. The molecule has 3 saturated carbocycles. The molecule has 3 aliphatic carbocycles. The van der Waals surface area contributed by atoms with Crippen LogP contribution >= 0.6 is 0 Å². The first-order valence-corrected chi connectivity index (χ1v) is 8.45. The van der Waals surface area contributed by atoms with Crippen LogP contribution in [0.15, 0.2) is 28.7 Å². The van der Waals surface area contributed by atoms with Gasteiger partial charge in [0, 0.05) is 17.7 Å². The van der Waals surface area contributed by atoms with Crippen molar-refractivity contribution >= 4 is 34.3 Å². The van der Waals surface area contributed by atoms with E-state index in [-0.39, 0.29) is 35.4 Å². The molecular weight excluding hydrogens is 306 g/mol. The van der Waals surface area contributed by atoms with E-state index in [9.17, 15) is 14.4 Å². The van der Waals surface area contributed by atoms with Gasteiger partial charge in [-0.15, -0.1) is 0 Å². The molecule has 0 spiro atoms. The van der Waals surface area contributed by atoms with E-state index in [1.54, 1.807) is 12.1 Å². The van der Waals surface area contributed by atoms with Crippen molar-refractivity contribution in [1.29, 1.82) is 0 Å². The van der Waals surface area contributed by atoms with E-state index >= 15 is 0 Å². The van der Waals surface area contributed by atoms with Crippen molar-refractivity contribution in [3.05, 3.63) is 30.0 Å². The van der Waals surface area contributed by atoms with Gasteiger partial charge in [0.1, 0.15) is 17.1 Å². The van der Waals surface area contributed by atoms with Crippen LogP contribution in [-0.4, -0.2) is 17.6 Å². The van der Waals surface area contributed by atoms with Crippen molar-refractivity contribution in [3.63, 3.8) is 0 Å². The summed E-state index contributed by atoms with van der Waals surface area (Å²) >= 11 is 0. The molecule has 1 saturated heterocycles. The summed E-state index contributed by atoms with van der Waals surface area (Å²) in [5, 5.41) is 0.875. The maximum Gasteiger partial charge on any atom is 0.238 e. The molecule has 4 fully saturated rings. The van der Waals surface area contributed by atoms with Crippen molar-refractivity contribution in [2.24, 2.45) is 23.7 Å². The Morgan fingerprint density at radius 3 is 2.62 bits per heavy atom. The van der Waals surface area contributed by atoms with E-state index in [0.717, 1.165) is 29.6 Å². The van der Waals surface area contributed by atoms with Crippen LogP contribution in [0.4, 0.5) is 5.69 Å². The number of carbonyl (C=O) groups is 3. The Morgan fingerprint density at radius 2 is 1.83 bits per heavy atom. The molecule has 5 heteroatoms. The Morgan fingerprint density at radius 1 is 1.04 bits per heavy atom. The highest BCUT2D eigenvalue weighted by Gasteiger charge is 2.60. The summed E-state index contributed by atoms with van der Waals surface area (Å²) in [4.78, 5) is 39.4. The summed E-state index contributed by atoms with van der Waals surface area (Å²) in [5.74, 6) is -0.362. The Kier molecular flexibility index (Phi) is 2.65. The first kappa shape index (κ1) is 14.0. The van der Waals surface area contributed by atoms with Gasteiger partial charge in [0.15, 0.2) is 0 Å². The van der Waals surface area contributed by atoms with E-state index in [1.807, 2.05) is 19.1 Å². The zero-order valence-corrected chi connectivity index (χ0v) is 13.3. The van der Waals surface area contributed by atoms with Crippen LogP contribution in [0.1, 0.15) is 25.0 Å². The minimum atomic E-state index is -0.445. The second kappa shape index (κ2) is 4.56. The monoisotopic (exact) mass is 323 g/mol. The Bertz CT molecular complexity index is 911. The van der Waals surface area contributed by atoms with Crippen LogP contribution in [-0.2, 0) is 14.4 Å². The third-order valence-corrected chi connectivity index (χ3v) is 5.95. The Balaban J connectivity index is 1.59. The maximum absolute atomic E-state index is 13.0. The van der Waals surface area contributed by atoms with E-state index in [4.69, 9.17) is 4.42 Å². The zero-order chi connectivity index (χ0) is 16.6. The fourth-order valence-electron chi connectivity index (χ4n) is 4.94. The van der Waals surface area contributed by atoms with Gasteiger partial charge in [0.25, 0.3) is 0 Å². The highest BCUT2D eigenvalue weighted by atomic mass is 16.3. The first-order valence-electron chi connectivity index (χ1n) is 8.45. The highest BCUT2D eigenvalue weighted by molar-refractivity contribution is 6.24. The number of fused-ring (bicyclic) bond motifs is 3. The average molecular weight is 323 g/mol. The zero-order valence-electron chi connectivity index (χ0n) is 13.3. The number of rotatable bonds is 1. The summed E-state index contributed by atoms with van der Waals surface area (Å²) in [5.41, 5.74) is 1.32. The summed E-state index contributed by atoms with van der Waals surface area (Å²) in [6.07, 6.45) is 2.08. The number of benzene rings is 1. The number of hydrogen-bond donors (Lipinski definition) is 0. The second-order valence-corrected chi connectivity index (χ2v) is 7.26. The predicted molar refractivity (Wildman–Crippen MR) is 86.3 cm³/mol. The van der Waals surface area contributed by atoms with Crippen LogP contribution in [0.3, 0.4) is 0 Å². The minimum absolute atomic E-state index is 0.0360. The highest BCUT2D eigenvalue weighted by Crippen LogP contribution is 2.52. The third kappa shape index (κ3) is 1.67. The standard InChI is InChI=1S/C19H17NO4/c1-9-6-11-7-12(3-5-15(11)24-9)20-18(22)16-10-2-4-13(14(21)8-10)17(16)19(20)23/h3,5-7,10,13,16-17H,2,4,8H2,1H3/t10-,13+,16+,17-/m0/s1. The van der Waals surface area contributed by atoms with Crippen molar-refractivity contribution in [3.8, 4) is 0 Å². The number of Topliss-reactive ketones (excluding diaryl/α,β-unsaturated/α-hetero) is 1. The lowest BCUT2D eigenvalue weighted by atomic mass is 9.59. The van der Waals surface area contributed by atoms with E-state index in [1.165, 1.54) is 4.90 Å². The van der Waals surface area contributed by atoms with Crippen molar-refractivity contribution in [2.45, 2.75) is 26.2 Å². The fraction of sp³-hybridized carbons (Fsp3) is 0.421. The number of hydrogen-bond acceptors (Lipinski definition) is 4. The lowest BCUT2D eigenvalue weighted by Gasteiger charge is -2.41. The summed E-state index contributed by atoms with van der Waals surface area (Å²) < 4.78 is 5.56. The summed E-state index contributed by atoms with van der Waals surface area (Å²) in [6.45, 7) is 1.86. The molecule has 122 valence electrons. The van der Waals surface area contributed by atoms with Gasteiger partial charge in [-0.25, -0.2) is 0 Å². The molecule has 0 unspecified atom stereocenters. The lowest BCUT2D eigenvalue weighted by molar-refractivity contribution is -0.143. The molecule has 1 aromatic carbocycles. The van der Waals surface area contributed by atoms with Crippen molar-refractivity contribution in [1.82, 2.24) is 0 Å². The molecule has 4 atom stereocenters. The molecule has 24 heavy (non-hydrogen) atoms. The number of amides is 2. The van der Waals surface area contributed by atoms with Gasteiger partial charge in [-0.2, -0.15) is 0 Å². The molecule has 4 aliphatic rings. The van der Waals surface area contributed by atoms with Gasteiger partial charge in [0.05, 0.1) is 17.5 Å². The number of furan rings is 1. The second-order valence-electron chi connectivity index (χ2n) is 7.26. The molecule has 2 heterocycles. The van der Waals surface area contributed by atoms with Crippen LogP contribution in [0.5, 0.6) is 0 Å². The number of ketones is 1. The number of aryl methyl sites for hydroxylation is 1. The number of anilines is 1. The largest absolute Gasteiger partial charge is 0.461 e. The molecule has 5 nitrogen and oxygen atoms in total. The topological polar surface area (TPSA) is 67.6 Å². The van der Waals surface area contributed by atoms with Gasteiger partial charge < -0.3 is 4.42 Å². The third-order valence-electron chi connectivity index (χ3n) is 5.95. The number of nitrogens with zero attached hydrogens (tertiary/aromatic N) is 1. The normalized spacial score (nSPS) is 32.0. The fourth-order valence-corrected chi connectivity index (χ4v) is 4.94. The number of imide groups is 1. The van der Waals surface area contributed by atoms with Crippen LogP contribution < -0.4 is 4.90 Å². The van der Waals surface area contributed by atoms with Crippen molar-refractivity contribution in [2.75, 3.05) is 4.90 Å². The molecule has 0 N–H and O–H groups in total. The predicted octanol–water partition coefficient (Wildman–Crippen LogP) is 2.85. The Hall–Kier alpha value is -2.43. The Labute approximate surface area is 138 Å². The van der Waals surface area contributed by atoms with Gasteiger partial charge in [-0.05, 0) is 49.9 Å². The van der Waals surface area contributed by atoms with E-state index in [0.29, 0.717) is 12.1 Å². The molecule has 1 aliphatic heterocycles. The molecule has 0 radical (unpaired) electrons. The van der Waals surface area contributed by atoms with Crippen LogP contribution in [0.2, 0.25) is 0 Å². The molecule has 2 amide bonds. The molecule has 6 rings (SSSR count). The quantitative estimate of drug-likeness (QED) is 0.757. The summed E-state index contributed by atoms with van der Waals surface area (Å²) in [7, 11) is 0. The van der Waals surface area contributed by atoms with Gasteiger partial charge in [-0.1, -0.05) is 0 Å².